The average molecular weight is 344 g/mol. The van der Waals surface area contributed by atoms with Crippen LogP contribution >= 0.6 is 11.3 Å². The lowest BCUT2D eigenvalue weighted by atomic mass is 9.96. The zero-order valence-electron chi connectivity index (χ0n) is 13.8. The fourth-order valence-electron chi connectivity index (χ4n) is 4.00. The number of hydrogen-bond acceptors (Lipinski definition) is 3. The quantitative estimate of drug-likeness (QED) is 0.330. The van der Waals surface area contributed by atoms with Gasteiger partial charge in [-0.1, -0.05) is 18.2 Å². The van der Waals surface area contributed by atoms with Crippen molar-refractivity contribution in [1.82, 2.24) is 0 Å². The first-order valence-corrected chi connectivity index (χ1v) is 9.07. The maximum absolute atomic E-state index is 6.25. The standard InChI is InChI=1S/C21H14NO2S/c1-11-18-15(9-13-12-5-3-4-6-17(12)25-21(11)13)24-16-10-23-14-7-8-22(2)20(18)19(14)16/h3-10H,1-2H3/q+1. The molecule has 0 atom stereocenters. The van der Waals surface area contributed by atoms with Gasteiger partial charge in [-0.25, -0.2) is 0 Å². The first-order valence-electron chi connectivity index (χ1n) is 8.25. The molecule has 0 unspecified atom stereocenters. The number of thiophene rings is 1. The molecule has 0 aliphatic carbocycles. The lowest BCUT2D eigenvalue weighted by molar-refractivity contribution is -0.659. The lowest BCUT2D eigenvalue weighted by Gasteiger charge is -2.17. The maximum atomic E-state index is 6.25. The van der Waals surface area contributed by atoms with Crippen LogP contribution in [0.4, 0.5) is 0 Å². The summed E-state index contributed by atoms with van der Waals surface area (Å²) in [4.78, 5) is 0. The summed E-state index contributed by atoms with van der Waals surface area (Å²) in [5.41, 5.74) is 4.47. The molecule has 4 heterocycles. The third-order valence-electron chi connectivity index (χ3n) is 5.15. The van der Waals surface area contributed by atoms with Crippen LogP contribution in [0.25, 0.3) is 42.4 Å². The highest BCUT2D eigenvalue weighted by molar-refractivity contribution is 7.26. The molecule has 0 saturated heterocycles. The summed E-state index contributed by atoms with van der Waals surface area (Å²) in [5, 5.41) is 3.61. The Morgan fingerprint density at radius 1 is 1.04 bits per heavy atom. The number of rotatable bonds is 0. The molecule has 1 aliphatic heterocycles. The summed E-state index contributed by atoms with van der Waals surface area (Å²) in [7, 11) is 2.08. The Morgan fingerprint density at radius 2 is 1.92 bits per heavy atom. The van der Waals surface area contributed by atoms with Crippen LogP contribution in [0.1, 0.15) is 5.56 Å². The van der Waals surface area contributed by atoms with Crippen molar-refractivity contribution in [2.75, 3.05) is 0 Å². The molecule has 0 bridgehead atoms. The molecule has 25 heavy (non-hydrogen) atoms. The normalized spacial score (nSPS) is 12.7. The molecule has 0 saturated carbocycles. The van der Waals surface area contributed by atoms with E-state index in [2.05, 4.69) is 55.1 Å². The van der Waals surface area contributed by atoms with Crippen molar-refractivity contribution in [3.8, 4) is 22.8 Å². The number of aromatic nitrogens is 1. The molecule has 0 amide bonds. The van der Waals surface area contributed by atoms with E-state index >= 15 is 0 Å². The van der Waals surface area contributed by atoms with E-state index in [1.807, 2.05) is 17.4 Å². The molecule has 0 N–H and O–H groups in total. The van der Waals surface area contributed by atoms with Gasteiger partial charge in [-0.05, 0) is 24.6 Å². The van der Waals surface area contributed by atoms with Gasteiger partial charge in [0.05, 0.1) is 5.56 Å². The molecule has 6 rings (SSSR count). The molecule has 3 aromatic heterocycles. The second-order valence-corrected chi connectivity index (χ2v) is 7.62. The van der Waals surface area contributed by atoms with Gasteiger partial charge in [0.1, 0.15) is 24.4 Å². The number of nitrogens with zero attached hydrogens (tertiary/aromatic N) is 1. The topological polar surface area (TPSA) is 26.2 Å². The monoisotopic (exact) mass is 344 g/mol. The van der Waals surface area contributed by atoms with E-state index in [1.165, 1.54) is 37.0 Å². The summed E-state index contributed by atoms with van der Waals surface area (Å²) in [5.74, 6) is 1.71. The largest absolute Gasteiger partial charge is 0.460 e. The van der Waals surface area contributed by atoms with E-state index in [9.17, 15) is 0 Å². The number of furan rings is 1. The Morgan fingerprint density at radius 3 is 2.84 bits per heavy atom. The Hall–Kier alpha value is -2.85. The van der Waals surface area contributed by atoms with Gasteiger partial charge >= 0.3 is 0 Å². The van der Waals surface area contributed by atoms with Gasteiger partial charge in [0.2, 0.25) is 5.69 Å². The predicted octanol–water partition coefficient (Wildman–Crippen LogP) is 5.71. The second-order valence-electron chi connectivity index (χ2n) is 6.57. The SMILES string of the molecule is Cc1c2c(cc3c1sc1ccccc13)Oc1coc3cc[n+](C)c-2c13. The van der Waals surface area contributed by atoms with Crippen LogP contribution < -0.4 is 9.30 Å². The number of ether oxygens (including phenoxy) is 1. The van der Waals surface area contributed by atoms with Crippen molar-refractivity contribution in [1.29, 1.82) is 0 Å². The second kappa shape index (κ2) is 4.41. The number of benzene rings is 2. The van der Waals surface area contributed by atoms with Crippen molar-refractivity contribution in [3.05, 3.63) is 54.4 Å². The van der Waals surface area contributed by atoms with Gasteiger partial charge in [0, 0.05) is 26.2 Å². The van der Waals surface area contributed by atoms with Crippen LogP contribution in [-0.4, -0.2) is 0 Å². The van der Waals surface area contributed by atoms with E-state index in [0.29, 0.717) is 0 Å². The maximum Gasteiger partial charge on any atom is 0.231 e. The van der Waals surface area contributed by atoms with E-state index < -0.39 is 0 Å². The Labute approximate surface area is 147 Å². The third-order valence-corrected chi connectivity index (χ3v) is 6.46. The van der Waals surface area contributed by atoms with Crippen molar-refractivity contribution in [2.24, 2.45) is 7.05 Å². The van der Waals surface area contributed by atoms with Gasteiger partial charge in [-0.2, -0.15) is 4.57 Å². The summed E-state index contributed by atoms with van der Waals surface area (Å²) >= 11 is 1.85. The molecular weight excluding hydrogens is 330 g/mol. The van der Waals surface area contributed by atoms with E-state index in [-0.39, 0.29) is 0 Å². The minimum atomic E-state index is 0.798. The first-order chi connectivity index (χ1) is 12.2. The summed E-state index contributed by atoms with van der Waals surface area (Å²) in [6.45, 7) is 2.20. The van der Waals surface area contributed by atoms with Crippen LogP contribution in [0.2, 0.25) is 0 Å². The van der Waals surface area contributed by atoms with Crippen LogP contribution in [0, 0.1) is 6.92 Å². The third kappa shape index (κ3) is 1.58. The molecule has 1 aliphatic rings. The number of aryl methyl sites for hydroxylation is 2. The highest BCUT2D eigenvalue weighted by Gasteiger charge is 2.32. The predicted molar refractivity (Wildman–Crippen MR) is 101 cm³/mol. The van der Waals surface area contributed by atoms with Crippen molar-refractivity contribution >= 4 is 42.5 Å². The fourth-order valence-corrected chi connectivity index (χ4v) is 5.19. The molecule has 0 fully saturated rings. The molecule has 0 radical (unpaired) electrons. The molecule has 4 heteroatoms. The molecule has 2 aromatic carbocycles. The summed E-state index contributed by atoms with van der Waals surface area (Å²) < 4.78 is 16.8. The van der Waals surface area contributed by atoms with Gasteiger partial charge in [0.25, 0.3) is 0 Å². The van der Waals surface area contributed by atoms with Gasteiger partial charge in [-0.3, -0.25) is 0 Å². The Bertz CT molecular complexity index is 1340. The zero-order valence-corrected chi connectivity index (χ0v) is 14.6. The van der Waals surface area contributed by atoms with Crippen LogP contribution in [0.5, 0.6) is 11.5 Å². The molecule has 3 nitrogen and oxygen atoms in total. The van der Waals surface area contributed by atoms with Gasteiger partial charge in [0.15, 0.2) is 17.5 Å². The van der Waals surface area contributed by atoms with E-state index in [0.717, 1.165) is 22.5 Å². The number of hydrogen-bond donors (Lipinski definition) is 0. The minimum Gasteiger partial charge on any atom is -0.460 e. The van der Waals surface area contributed by atoms with E-state index in [1.54, 1.807) is 6.26 Å². The van der Waals surface area contributed by atoms with Gasteiger partial charge < -0.3 is 9.15 Å². The van der Waals surface area contributed by atoms with E-state index in [4.69, 9.17) is 9.15 Å². The first kappa shape index (κ1) is 13.4. The molecule has 120 valence electrons. The molecule has 0 spiro atoms. The van der Waals surface area contributed by atoms with Crippen molar-refractivity contribution in [3.63, 3.8) is 0 Å². The Kier molecular flexibility index (Phi) is 2.37. The van der Waals surface area contributed by atoms with Crippen molar-refractivity contribution in [2.45, 2.75) is 6.92 Å². The fraction of sp³-hybridized carbons (Fsp3) is 0.0952. The lowest BCUT2D eigenvalue weighted by Crippen LogP contribution is -2.31. The van der Waals surface area contributed by atoms with Gasteiger partial charge in [-0.15, -0.1) is 11.3 Å². The minimum absolute atomic E-state index is 0.798. The smallest absolute Gasteiger partial charge is 0.231 e. The Balaban J connectivity index is 1.83. The molecule has 5 aromatic rings. The number of fused-ring (bicyclic) bond motifs is 5. The van der Waals surface area contributed by atoms with Crippen molar-refractivity contribution < 1.29 is 13.7 Å². The van der Waals surface area contributed by atoms with Crippen LogP contribution in [-0.2, 0) is 7.05 Å². The highest BCUT2D eigenvalue weighted by Crippen LogP contribution is 2.51. The number of pyridine rings is 1. The van der Waals surface area contributed by atoms with Crippen LogP contribution in [0.3, 0.4) is 0 Å². The zero-order chi connectivity index (χ0) is 16.7. The summed E-state index contributed by atoms with van der Waals surface area (Å²) in [6.07, 6.45) is 3.76. The van der Waals surface area contributed by atoms with Crippen LogP contribution in [0.15, 0.2) is 53.3 Å². The highest BCUT2D eigenvalue weighted by atomic mass is 32.1. The molecular formula is C21H14NO2S+. The summed E-state index contributed by atoms with van der Waals surface area (Å²) in [6, 6.07) is 12.7. The average Bonchev–Trinajstić information content (AvgIpc) is 3.20.